The molecule has 0 spiro atoms. The second-order valence-corrected chi connectivity index (χ2v) is 10.3. The first-order valence-electron chi connectivity index (χ1n) is 13.2. The van der Waals surface area contributed by atoms with Crippen molar-refractivity contribution in [3.8, 4) is 22.8 Å². The van der Waals surface area contributed by atoms with Gasteiger partial charge in [0.15, 0.2) is 16.3 Å². The molecular weight excluding hydrogens is 560 g/mol. The van der Waals surface area contributed by atoms with Crippen LogP contribution in [0.4, 0.5) is 0 Å². The molecule has 0 saturated heterocycles. The minimum absolute atomic E-state index is 0.186. The summed E-state index contributed by atoms with van der Waals surface area (Å²) in [6.07, 6.45) is 3.05. The van der Waals surface area contributed by atoms with Crippen molar-refractivity contribution >= 4 is 29.4 Å². The molecule has 1 aliphatic heterocycles. The third-order valence-corrected chi connectivity index (χ3v) is 7.64. The average molecular weight is 589 g/mol. The summed E-state index contributed by atoms with van der Waals surface area (Å²) in [6, 6.07) is 12.8. The number of carbonyl (C=O) groups excluding carboxylic acids is 1. The second kappa shape index (κ2) is 11.9. The molecule has 0 saturated carbocycles. The highest BCUT2D eigenvalue weighted by atomic mass is 32.1. The molecule has 11 heteroatoms. The van der Waals surface area contributed by atoms with Crippen LogP contribution < -0.4 is 24.4 Å². The lowest BCUT2D eigenvalue weighted by Crippen LogP contribution is -2.39. The van der Waals surface area contributed by atoms with Crippen LogP contribution in [0.15, 0.2) is 74.5 Å². The SMILES string of the molecule is CCOc1ccc([C@H]2C(C(=O)OC)=CN=c3s/c(=C\c4ccc(-c5ccc(C(=O)O)cc5C)o4)c(=O)n32)cc1OCC. The summed E-state index contributed by atoms with van der Waals surface area (Å²) >= 11 is 1.17. The van der Waals surface area contributed by atoms with Gasteiger partial charge < -0.3 is 23.7 Å². The average Bonchev–Trinajstić information content (AvgIpc) is 3.57. The third-order valence-electron chi connectivity index (χ3n) is 6.65. The van der Waals surface area contributed by atoms with E-state index in [2.05, 4.69) is 4.99 Å². The van der Waals surface area contributed by atoms with Gasteiger partial charge in [0.25, 0.3) is 5.56 Å². The molecular formula is C31H28N2O8S. The summed E-state index contributed by atoms with van der Waals surface area (Å²) < 4.78 is 24.3. The van der Waals surface area contributed by atoms with E-state index in [4.69, 9.17) is 18.6 Å². The van der Waals surface area contributed by atoms with Crippen molar-refractivity contribution in [3.63, 3.8) is 0 Å². The zero-order valence-corrected chi connectivity index (χ0v) is 24.2. The van der Waals surface area contributed by atoms with E-state index in [1.54, 1.807) is 55.5 Å². The highest BCUT2D eigenvalue weighted by Gasteiger charge is 2.31. The predicted molar refractivity (Wildman–Crippen MR) is 156 cm³/mol. The number of rotatable bonds is 9. The van der Waals surface area contributed by atoms with Gasteiger partial charge in [-0.3, -0.25) is 9.36 Å². The Morgan fingerprint density at radius 1 is 1.07 bits per heavy atom. The zero-order valence-electron chi connectivity index (χ0n) is 23.4. The Bertz CT molecular complexity index is 1900. The number of hydrogen-bond acceptors (Lipinski definition) is 9. The molecule has 3 heterocycles. The lowest BCUT2D eigenvalue weighted by atomic mass is 9.97. The number of carbonyl (C=O) groups is 2. The van der Waals surface area contributed by atoms with E-state index in [0.717, 1.165) is 11.1 Å². The summed E-state index contributed by atoms with van der Waals surface area (Å²) in [4.78, 5) is 42.7. The summed E-state index contributed by atoms with van der Waals surface area (Å²) in [5.41, 5.74) is 2.14. The lowest BCUT2D eigenvalue weighted by molar-refractivity contribution is -0.136. The predicted octanol–water partition coefficient (Wildman–Crippen LogP) is 4.08. The van der Waals surface area contributed by atoms with Gasteiger partial charge in [0.2, 0.25) is 0 Å². The number of methoxy groups -OCH3 is 1. The largest absolute Gasteiger partial charge is 0.490 e. The topological polar surface area (TPSA) is 130 Å². The molecule has 4 aromatic rings. The van der Waals surface area contributed by atoms with Gasteiger partial charge in [-0.05, 0) is 68.3 Å². The van der Waals surface area contributed by atoms with Gasteiger partial charge in [0.1, 0.15) is 11.5 Å². The van der Waals surface area contributed by atoms with Gasteiger partial charge in [0, 0.05) is 17.8 Å². The van der Waals surface area contributed by atoms with E-state index in [-0.39, 0.29) is 16.7 Å². The van der Waals surface area contributed by atoms with Crippen LogP contribution in [0.1, 0.15) is 47.1 Å². The number of hydrogen-bond donors (Lipinski definition) is 1. The van der Waals surface area contributed by atoms with Crippen molar-refractivity contribution in [3.05, 3.63) is 102 Å². The normalized spacial score (nSPS) is 14.5. The van der Waals surface area contributed by atoms with Crippen LogP contribution >= 0.6 is 11.3 Å². The zero-order chi connectivity index (χ0) is 30.0. The maximum absolute atomic E-state index is 13.8. The Kier molecular flexibility index (Phi) is 8.12. The quantitative estimate of drug-likeness (QED) is 0.290. The van der Waals surface area contributed by atoms with Crippen molar-refractivity contribution < 1.29 is 33.3 Å². The fraction of sp³-hybridized carbons (Fsp3) is 0.226. The number of carboxylic acid groups (broad SMARTS) is 1. The summed E-state index contributed by atoms with van der Waals surface area (Å²) in [6.45, 7) is 6.39. The molecule has 1 N–H and O–H groups in total. The number of furan rings is 1. The third kappa shape index (κ3) is 5.38. The minimum Gasteiger partial charge on any atom is -0.490 e. The number of ether oxygens (including phenoxy) is 3. The van der Waals surface area contributed by atoms with Crippen LogP contribution in [-0.2, 0) is 9.53 Å². The van der Waals surface area contributed by atoms with E-state index >= 15 is 0 Å². The van der Waals surface area contributed by atoms with Crippen LogP contribution in [0, 0.1) is 6.92 Å². The van der Waals surface area contributed by atoms with Crippen LogP contribution in [0.25, 0.3) is 17.4 Å². The second-order valence-electron chi connectivity index (χ2n) is 9.29. The van der Waals surface area contributed by atoms with Gasteiger partial charge in [-0.1, -0.05) is 23.5 Å². The van der Waals surface area contributed by atoms with Crippen LogP contribution in [0.2, 0.25) is 0 Å². The fourth-order valence-corrected chi connectivity index (χ4v) is 5.71. The number of aromatic carboxylic acids is 1. The molecule has 2 aromatic heterocycles. The van der Waals surface area contributed by atoms with E-state index in [9.17, 15) is 19.5 Å². The first kappa shape index (κ1) is 28.6. The molecule has 0 aliphatic carbocycles. The van der Waals surface area contributed by atoms with Crippen LogP contribution in [0.3, 0.4) is 0 Å². The maximum atomic E-state index is 13.8. The first-order valence-corrected chi connectivity index (χ1v) is 14.0. The summed E-state index contributed by atoms with van der Waals surface area (Å²) in [5.74, 6) is 0.404. The van der Waals surface area contributed by atoms with Crippen molar-refractivity contribution in [2.24, 2.45) is 4.99 Å². The van der Waals surface area contributed by atoms with E-state index in [1.165, 1.54) is 35.3 Å². The molecule has 10 nitrogen and oxygen atoms in total. The molecule has 0 amide bonds. The van der Waals surface area contributed by atoms with Crippen LogP contribution in [-0.4, -0.2) is 41.9 Å². The number of carboxylic acids is 1. The van der Waals surface area contributed by atoms with Gasteiger partial charge in [0.05, 0.1) is 42.0 Å². The first-order chi connectivity index (χ1) is 20.2. The molecule has 5 rings (SSSR count). The summed E-state index contributed by atoms with van der Waals surface area (Å²) in [5, 5.41) is 9.25. The van der Waals surface area contributed by atoms with Crippen molar-refractivity contribution in [2.45, 2.75) is 26.8 Å². The Balaban J connectivity index is 1.59. The highest BCUT2D eigenvalue weighted by Crippen LogP contribution is 2.35. The van der Waals surface area contributed by atoms with Gasteiger partial charge in [-0.15, -0.1) is 0 Å². The molecule has 1 atom stereocenters. The number of nitrogens with zero attached hydrogens (tertiary/aromatic N) is 2. The van der Waals surface area contributed by atoms with E-state index < -0.39 is 18.0 Å². The maximum Gasteiger partial charge on any atom is 0.337 e. The number of esters is 1. The molecule has 0 unspecified atom stereocenters. The minimum atomic E-state index is -1.01. The van der Waals surface area contributed by atoms with Crippen molar-refractivity contribution in [1.82, 2.24) is 4.57 Å². The summed E-state index contributed by atoms with van der Waals surface area (Å²) in [7, 11) is 1.28. The Hall–Kier alpha value is -4.90. The number of thiazole rings is 1. The van der Waals surface area contributed by atoms with Gasteiger partial charge in [-0.2, -0.15) is 0 Å². The Labute approximate surface area is 244 Å². The highest BCUT2D eigenvalue weighted by molar-refractivity contribution is 7.07. The number of fused-ring (bicyclic) bond motifs is 1. The molecule has 0 radical (unpaired) electrons. The smallest absolute Gasteiger partial charge is 0.337 e. The molecule has 0 fully saturated rings. The Morgan fingerprint density at radius 3 is 2.52 bits per heavy atom. The molecule has 216 valence electrons. The van der Waals surface area contributed by atoms with Gasteiger partial charge in [-0.25, -0.2) is 14.6 Å². The Morgan fingerprint density at radius 2 is 1.83 bits per heavy atom. The molecule has 42 heavy (non-hydrogen) atoms. The molecule has 2 aromatic carbocycles. The van der Waals surface area contributed by atoms with Crippen LogP contribution in [0.5, 0.6) is 11.5 Å². The molecule has 1 aliphatic rings. The monoisotopic (exact) mass is 588 g/mol. The fourth-order valence-electron chi connectivity index (χ4n) is 4.76. The number of aryl methyl sites for hydroxylation is 1. The van der Waals surface area contributed by atoms with Crippen molar-refractivity contribution in [2.75, 3.05) is 20.3 Å². The molecule has 0 bridgehead atoms. The lowest BCUT2D eigenvalue weighted by Gasteiger charge is -2.23. The number of benzene rings is 2. The van der Waals surface area contributed by atoms with E-state index in [0.29, 0.717) is 51.1 Å². The standard InChI is InChI=1S/C31H28N2O8S/c1-5-39-24-11-8-18(14-25(24)40-6-2)27-22(30(37)38-4)16-32-31-33(27)28(34)26(42-31)15-20-9-12-23(41-20)21-10-7-19(29(35)36)13-17(21)3/h7-16,27H,5-6H2,1-4H3,(H,35,36)/b26-15-/t27-/m0/s1. The van der Waals surface area contributed by atoms with Gasteiger partial charge >= 0.3 is 11.9 Å². The van der Waals surface area contributed by atoms with E-state index in [1.807, 2.05) is 13.8 Å². The number of aromatic nitrogens is 1. The van der Waals surface area contributed by atoms with Crippen molar-refractivity contribution in [1.29, 1.82) is 0 Å².